The molecule has 12 nitrogen and oxygen atoms in total. The maximum Gasteiger partial charge on any atom is 0.355 e. The monoisotopic (exact) mass is 816 g/mol. The van der Waals surface area contributed by atoms with E-state index in [9.17, 15) is 36.7 Å². The first-order valence-electron chi connectivity index (χ1n) is 14.7. The first-order chi connectivity index (χ1) is 24.4. The molecule has 0 bridgehead atoms. The Labute approximate surface area is 299 Å². The molecule has 6 aromatic rings. The van der Waals surface area contributed by atoms with Crippen molar-refractivity contribution < 1.29 is 46.2 Å². The number of hydrogen-bond donors (Lipinski definition) is 2. The number of esters is 2. The van der Waals surface area contributed by atoms with Crippen molar-refractivity contribution in [3.05, 3.63) is 140 Å². The van der Waals surface area contributed by atoms with Crippen LogP contribution < -0.4 is 10.6 Å². The third-order valence-corrected chi connectivity index (χ3v) is 8.04. The van der Waals surface area contributed by atoms with E-state index in [4.69, 9.17) is 9.47 Å². The molecule has 0 saturated heterocycles. The number of ether oxygens (including phenoxy) is 2. The molecule has 4 heterocycles. The van der Waals surface area contributed by atoms with Crippen molar-refractivity contribution in [3.8, 4) is 0 Å². The number of nitrogens with one attached hydrogen (secondary N) is 2. The first kappa shape index (κ1) is 36.4. The molecule has 0 saturated carbocycles. The molecule has 0 aliphatic heterocycles. The van der Waals surface area contributed by atoms with Gasteiger partial charge in [0, 0.05) is 37.6 Å². The summed E-state index contributed by atoms with van der Waals surface area (Å²) in [5, 5.41) is 5.12. The van der Waals surface area contributed by atoms with Crippen LogP contribution in [0.25, 0.3) is 11.3 Å². The van der Waals surface area contributed by atoms with Crippen molar-refractivity contribution in [1.29, 1.82) is 0 Å². The number of rotatable bonds is 8. The third kappa shape index (κ3) is 8.31. The lowest BCUT2D eigenvalue weighted by molar-refractivity contribution is 0.0583. The number of halogens is 5. The van der Waals surface area contributed by atoms with Crippen LogP contribution in [0.3, 0.4) is 0 Å². The summed E-state index contributed by atoms with van der Waals surface area (Å²) in [5.41, 5.74) is 1.94. The van der Waals surface area contributed by atoms with Crippen LogP contribution in [0, 0.1) is 26.8 Å². The fraction of sp³-hybridized carbons (Fsp3) is 0.118. The SMILES string of the molecule is COC(=O)c1cc(C(=O)NCc2ccc(F)c(F)c2)nc2c(I)ccn12.COC(=O)c1cc(C(=O)NCc2ccc(F)c(F)c2)nc2cccn12. The lowest BCUT2D eigenvalue weighted by Gasteiger charge is -2.09. The highest BCUT2D eigenvalue weighted by Gasteiger charge is 2.19. The molecule has 0 fully saturated rings. The average Bonchev–Trinajstić information content (AvgIpc) is 3.77. The van der Waals surface area contributed by atoms with E-state index in [0.717, 1.165) is 27.8 Å². The number of fused-ring (bicyclic) bond motifs is 2. The van der Waals surface area contributed by atoms with Crippen molar-refractivity contribution in [1.82, 2.24) is 29.4 Å². The molecular formula is C34H25F4IN6O6. The summed E-state index contributed by atoms with van der Waals surface area (Å²) in [6.45, 7) is -0.0357. The Hall–Kier alpha value is -5.85. The Morgan fingerprint density at radius 2 is 1.18 bits per heavy atom. The van der Waals surface area contributed by atoms with Gasteiger partial charge in [-0.1, -0.05) is 12.1 Å². The Kier molecular flexibility index (Phi) is 11.3. The van der Waals surface area contributed by atoms with Crippen molar-refractivity contribution >= 4 is 57.6 Å². The minimum atomic E-state index is -0.994. The summed E-state index contributed by atoms with van der Waals surface area (Å²) in [5.74, 6) is -6.24. The van der Waals surface area contributed by atoms with Gasteiger partial charge >= 0.3 is 11.9 Å². The Morgan fingerprint density at radius 3 is 1.69 bits per heavy atom. The van der Waals surface area contributed by atoms with Gasteiger partial charge in [0.05, 0.1) is 17.8 Å². The van der Waals surface area contributed by atoms with Crippen LogP contribution in [0.5, 0.6) is 0 Å². The first-order valence-corrected chi connectivity index (χ1v) is 15.7. The molecule has 262 valence electrons. The van der Waals surface area contributed by atoms with Gasteiger partial charge < -0.3 is 20.1 Å². The number of amides is 2. The van der Waals surface area contributed by atoms with Gasteiger partial charge in [-0.2, -0.15) is 0 Å². The molecule has 0 aliphatic rings. The molecule has 0 aliphatic carbocycles. The number of carbonyl (C=O) groups is 4. The van der Waals surface area contributed by atoms with E-state index in [2.05, 4.69) is 20.6 Å². The van der Waals surface area contributed by atoms with E-state index < -0.39 is 47.0 Å². The van der Waals surface area contributed by atoms with Crippen molar-refractivity contribution in [2.75, 3.05) is 14.2 Å². The Balaban J connectivity index is 0.000000198. The molecule has 2 amide bonds. The molecule has 0 spiro atoms. The van der Waals surface area contributed by atoms with Gasteiger partial charge in [0.1, 0.15) is 28.4 Å². The standard InChI is InChI=1S/C17H12F2IN3O3.C17H13F2N3O3/c1-26-17(25)14-7-13(22-15-12(20)4-5-23(14)15)16(24)21-8-9-2-3-10(18)11(19)6-9;1-25-17(24)14-8-13(21-15-3-2-6-22(14)15)16(23)20-9-10-4-5-11(18)12(19)7-10/h2-7H,8H2,1H3,(H,21,24);2-8H,9H2,1H3,(H,20,23). The van der Waals surface area contributed by atoms with Crippen molar-refractivity contribution in [3.63, 3.8) is 0 Å². The number of methoxy groups -OCH3 is 2. The van der Waals surface area contributed by atoms with Crippen LogP contribution in [0.4, 0.5) is 17.6 Å². The zero-order valence-corrected chi connectivity index (χ0v) is 28.7. The quantitative estimate of drug-likeness (QED) is 0.120. The molecule has 2 aromatic carbocycles. The number of nitrogens with zero attached hydrogens (tertiary/aromatic N) is 4. The second-order valence-electron chi connectivity index (χ2n) is 10.5. The second-order valence-corrected chi connectivity index (χ2v) is 11.7. The van der Waals surface area contributed by atoms with Gasteiger partial charge in [-0.3, -0.25) is 18.4 Å². The molecule has 17 heteroatoms. The zero-order valence-electron chi connectivity index (χ0n) is 26.5. The van der Waals surface area contributed by atoms with Gasteiger partial charge in [-0.05, 0) is 76.2 Å². The largest absolute Gasteiger partial charge is 0.464 e. The van der Waals surface area contributed by atoms with Crippen LogP contribution in [0.15, 0.2) is 79.1 Å². The number of hydrogen-bond acceptors (Lipinski definition) is 8. The van der Waals surface area contributed by atoms with Gasteiger partial charge in [-0.25, -0.2) is 37.1 Å². The van der Waals surface area contributed by atoms with Crippen LogP contribution in [-0.4, -0.2) is 56.7 Å². The highest BCUT2D eigenvalue weighted by atomic mass is 127. The van der Waals surface area contributed by atoms with E-state index in [0.29, 0.717) is 22.4 Å². The van der Waals surface area contributed by atoms with Crippen molar-refractivity contribution in [2.45, 2.75) is 13.1 Å². The molecule has 51 heavy (non-hydrogen) atoms. The van der Waals surface area contributed by atoms with E-state index in [1.165, 1.54) is 47.3 Å². The third-order valence-electron chi connectivity index (χ3n) is 7.19. The minimum Gasteiger partial charge on any atom is -0.464 e. The smallest absolute Gasteiger partial charge is 0.355 e. The minimum absolute atomic E-state index is 0.00850. The maximum atomic E-state index is 13.2. The lowest BCUT2D eigenvalue weighted by Crippen LogP contribution is -2.25. The molecule has 6 rings (SSSR count). The van der Waals surface area contributed by atoms with Crippen LogP contribution in [0.2, 0.25) is 0 Å². The van der Waals surface area contributed by atoms with E-state index >= 15 is 0 Å². The van der Waals surface area contributed by atoms with Crippen LogP contribution in [-0.2, 0) is 22.6 Å². The van der Waals surface area contributed by atoms with Crippen LogP contribution in [0.1, 0.15) is 53.1 Å². The highest BCUT2D eigenvalue weighted by molar-refractivity contribution is 14.1. The molecule has 2 N–H and O–H groups in total. The fourth-order valence-corrected chi connectivity index (χ4v) is 5.21. The maximum absolute atomic E-state index is 13.2. The Morgan fingerprint density at radius 1 is 0.667 bits per heavy atom. The molecule has 0 atom stereocenters. The van der Waals surface area contributed by atoms with Gasteiger partial charge in [0.25, 0.3) is 11.8 Å². The van der Waals surface area contributed by atoms with E-state index in [1.807, 2.05) is 22.6 Å². The Bertz CT molecular complexity index is 2310. The summed E-state index contributed by atoms with van der Waals surface area (Å²) in [7, 11) is 2.48. The number of benzene rings is 2. The van der Waals surface area contributed by atoms with E-state index in [1.54, 1.807) is 30.6 Å². The summed E-state index contributed by atoms with van der Waals surface area (Å²) in [4.78, 5) is 57.0. The number of aromatic nitrogens is 4. The summed E-state index contributed by atoms with van der Waals surface area (Å²) < 4.78 is 65.5. The van der Waals surface area contributed by atoms with Gasteiger partial charge in [0.15, 0.2) is 28.9 Å². The summed E-state index contributed by atoms with van der Waals surface area (Å²) in [6, 6.07) is 14.4. The topological polar surface area (TPSA) is 145 Å². The second kappa shape index (κ2) is 15.8. The fourth-order valence-electron chi connectivity index (χ4n) is 4.67. The summed E-state index contributed by atoms with van der Waals surface area (Å²) >= 11 is 2.04. The van der Waals surface area contributed by atoms with E-state index in [-0.39, 0.29) is 35.9 Å². The molecular weight excluding hydrogens is 791 g/mol. The normalized spacial score (nSPS) is 10.7. The highest BCUT2D eigenvalue weighted by Crippen LogP contribution is 2.18. The average molecular weight is 817 g/mol. The molecule has 4 aromatic heterocycles. The van der Waals surface area contributed by atoms with Gasteiger partial charge in [0.2, 0.25) is 0 Å². The van der Waals surface area contributed by atoms with Gasteiger partial charge in [-0.15, -0.1) is 0 Å². The van der Waals surface area contributed by atoms with Crippen molar-refractivity contribution in [2.24, 2.45) is 0 Å². The molecule has 0 radical (unpaired) electrons. The zero-order chi connectivity index (χ0) is 36.8. The number of carbonyl (C=O) groups excluding carboxylic acids is 4. The van der Waals surface area contributed by atoms with Crippen LogP contribution >= 0.6 is 22.6 Å². The molecule has 0 unspecified atom stereocenters. The predicted molar refractivity (Wildman–Crippen MR) is 181 cm³/mol. The predicted octanol–water partition coefficient (Wildman–Crippen LogP) is 5.26. The lowest BCUT2D eigenvalue weighted by atomic mass is 10.2. The summed E-state index contributed by atoms with van der Waals surface area (Å²) in [6.07, 6.45) is 3.27.